The molecule has 8 heteroatoms. The molecular weight excluding hydrogens is 292 g/mol. The predicted molar refractivity (Wildman–Crippen MR) is 82.5 cm³/mol. The summed E-state index contributed by atoms with van der Waals surface area (Å²) in [5.41, 5.74) is 4.27. The third kappa shape index (κ3) is 3.54. The summed E-state index contributed by atoms with van der Waals surface area (Å²) in [7, 11) is 1.39. The molecule has 0 radical (unpaired) electrons. The van der Waals surface area contributed by atoms with E-state index in [1.807, 2.05) is 13.8 Å². The number of hydrazone groups is 1. The lowest BCUT2D eigenvalue weighted by Crippen LogP contribution is -1.96. The Morgan fingerprint density at radius 2 is 2.24 bits per heavy atom. The molecule has 7 nitrogen and oxygen atoms in total. The van der Waals surface area contributed by atoms with Crippen molar-refractivity contribution in [1.82, 2.24) is 4.98 Å². The predicted octanol–water partition coefficient (Wildman–Crippen LogP) is 3.12. The highest BCUT2D eigenvalue weighted by Gasteiger charge is 2.14. The normalized spacial score (nSPS) is 10.8. The van der Waals surface area contributed by atoms with Gasteiger partial charge >= 0.3 is 5.69 Å². The first-order chi connectivity index (χ1) is 10.0. The van der Waals surface area contributed by atoms with E-state index in [-0.39, 0.29) is 11.4 Å². The number of aromatic nitrogens is 1. The van der Waals surface area contributed by atoms with Crippen molar-refractivity contribution in [3.05, 3.63) is 44.4 Å². The molecule has 0 saturated carbocycles. The number of ether oxygens (including phenoxy) is 1. The first kappa shape index (κ1) is 14.9. The van der Waals surface area contributed by atoms with Gasteiger partial charge in [-0.25, -0.2) is 4.98 Å². The fourth-order valence-corrected chi connectivity index (χ4v) is 2.38. The second kappa shape index (κ2) is 6.31. The average molecular weight is 306 g/mol. The zero-order chi connectivity index (χ0) is 15.4. The first-order valence-corrected chi connectivity index (χ1v) is 6.88. The Morgan fingerprint density at radius 1 is 1.48 bits per heavy atom. The van der Waals surface area contributed by atoms with E-state index in [1.54, 1.807) is 6.07 Å². The van der Waals surface area contributed by atoms with Gasteiger partial charge in [-0.2, -0.15) is 5.10 Å². The number of hydrogen-bond donors (Lipinski definition) is 1. The lowest BCUT2D eigenvalue weighted by molar-refractivity contribution is -0.385. The zero-order valence-corrected chi connectivity index (χ0v) is 12.6. The third-order valence-corrected chi connectivity index (χ3v) is 3.78. The van der Waals surface area contributed by atoms with Gasteiger partial charge in [-0.05, 0) is 26.0 Å². The van der Waals surface area contributed by atoms with Crippen molar-refractivity contribution in [1.29, 1.82) is 0 Å². The molecule has 0 aliphatic heterocycles. The smallest absolute Gasteiger partial charge is 0.311 e. The molecule has 1 heterocycles. The fraction of sp³-hybridized carbons (Fsp3) is 0.231. The van der Waals surface area contributed by atoms with E-state index in [1.165, 1.54) is 36.8 Å². The van der Waals surface area contributed by atoms with E-state index in [4.69, 9.17) is 4.74 Å². The number of aryl methyl sites for hydroxylation is 2. The van der Waals surface area contributed by atoms with Crippen LogP contribution in [-0.4, -0.2) is 23.2 Å². The van der Waals surface area contributed by atoms with Gasteiger partial charge in [0, 0.05) is 16.5 Å². The van der Waals surface area contributed by atoms with Crippen molar-refractivity contribution < 1.29 is 9.66 Å². The second-order valence-corrected chi connectivity index (χ2v) is 5.42. The maximum atomic E-state index is 10.9. The standard InChI is InChI=1S/C13H14N4O3S/c1-8-9(2)21-13(15-8)16-14-7-10-4-5-12(20-3)11(6-10)17(18)19/h4-7H,1-3H3,(H,15,16)/b14-7-. The van der Waals surface area contributed by atoms with Crippen LogP contribution in [0.1, 0.15) is 16.1 Å². The van der Waals surface area contributed by atoms with Gasteiger partial charge in [-0.3, -0.25) is 15.5 Å². The van der Waals surface area contributed by atoms with Gasteiger partial charge in [0.25, 0.3) is 0 Å². The molecule has 110 valence electrons. The topological polar surface area (TPSA) is 89.7 Å². The molecule has 0 unspecified atom stereocenters. The van der Waals surface area contributed by atoms with Crippen LogP contribution in [0.25, 0.3) is 0 Å². The lowest BCUT2D eigenvalue weighted by atomic mass is 10.2. The quantitative estimate of drug-likeness (QED) is 0.520. The number of rotatable bonds is 5. The van der Waals surface area contributed by atoms with E-state index in [0.29, 0.717) is 10.7 Å². The van der Waals surface area contributed by atoms with E-state index in [9.17, 15) is 10.1 Å². The number of hydrogen-bond acceptors (Lipinski definition) is 7. The average Bonchev–Trinajstić information content (AvgIpc) is 2.77. The van der Waals surface area contributed by atoms with Crippen LogP contribution in [0.4, 0.5) is 10.8 Å². The minimum absolute atomic E-state index is 0.0950. The summed E-state index contributed by atoms with van der Waals surface area (Å²) in [4.78, 5) is 15.8. The molecule has 0 fully saturated rings. The summed E-state index contributed by atoms with van der Waals surface area (Å²) >= 11 is 1.50. The molecule has 2 aromatic rings. The summed E-state index contributed by atoms with van der Waals surface area (Å²) in [6.45, 7) is 3.91. The van der Waals surface area contributed by atoms with Crippen LogP contribution in [0, 0.1) is 24.0 Å². The summed E-state index contributed by atoms with van der Waals surface area (Å²) in [5.74, 6) is 0.219. The van der Waals surface area contributed by atoms with Gasteiger partial charge in [0.05, 0.1) is 23.9 Å². The number of nitrogens with one attached hydrogen (secondary N) is 1. The molecule has 1 aromatic carbocycles. The van der Waals surface area contributed by atoms with Gasteiger partial charge in [0.2, 0.25) is 5.13 Å². The van der Waals surface area contributed by atoms with E-state index < -0.39 is 4.92 Å². The fourth-order valence-electron chi connectivity index (χ4n) is 1.61. The largest absolute Gasteiger partial charge is 0.490 e. The van der Waals surface area contributed by atoms with Gasteiger partial charge in [-0.15, -0.1) is 11.3 Å². The Morgan fingerprint density at radius 3 is 2.81 bits per heavy atom. The van der Waals surface area contributed by atoms with Crippen LogP contribution in [-0.2, 0) is 0 Å². The highest BCUT2D eigenvalue weighted by atomic mass is 32.1. The van der Waals surface area contributed by atoms with E-state index in [0.717, 1.165) is 10.6 Å². The van der Waals surface area contributed by atoms with Crippen molar-refractivity contribution in [3.8, 4) is 5.75 Å². The molecule has 1 aromatic heterocycles. The van der Waals surface area contributed by atoms with Crippen LogP contribution in [0.3, 0.4) is 0 Å². The van der Waals surface area contributed by atoms with Crippen molar-refractivity contribution in [2.75, 3.05) is 12.5 Å². The Kier molecular flexibility index (Phi) is 4.49. The van der Waals surface area contributed by atoms with Gasteiger partial charge in [0.15, 0.2) is 5.75 Å². The molecule has 0 spiro atoms. The molecule has 0 amide bonds. The Balaban J connectivity index is 2.13. The summed E-state index contributed by atoms with van der Waals surface area (Å²) in [6, 6.07) is 4.63. The molecule has 0 aliphatic carbocycles. The lowest BCUT2D eigenvalue weighted by Gasteiger charge is -2.01. The van der Waals surface area contributed by atoms with Crippen molar-refractivity contribution in [2.24, 2.45) is 5.10 Å². The van der Waals surface area contributed by atoms with Gasteiger partial charge in [0.1, 0.15) is 0 Å². The monoisotopic (exact) mass is 306 g/mol. The Hall–Kier alpha value is -2.48. The second-order valence-electron chi connectivity index (χ2n) is 4.22. The Labute approximate surface area is 125 Å². The molecule has 0 atom stereocenters. The van der Waals surface area contributed by atoms with Crippen LogP contribution < -0.4 is 10.2 Å². The molecule has 0 aliphatic rings. The number of nitrogens with zero attached hydrogens (tertiary/aromatic N) is 3. The third-order valence-electron chi connectivity index (χ3n) is 2.80. The molecule has 0 bridgehead atoms. The number of benzene rings is 1. The molecule has 1 N–H and O–H groups in total. The maximum Gasteiger partial charge on any atom is 0.311 e. The van der Waals surface area contributed by atoms with Gasteiger partial charge < -0.3 is 4.74 Å². The highest BCUT2D eigenvalue weighted by Crippen LogP contribution is 2.27. The van der Waals surface area contributed by atoms with Crippen LogP contribution in [0.5, 0.6) is 5.75 Å². The highest BCUT2D eigenvalue weighted by molar-refractivity contribution is 7.15. The van der Waals surface area contributed by atoms with Gasteiger partial charge in [-0.1, -0.05) is 0 Å². The number of nitro benzene ring substituents is 1. The van der Waals surface area contributed by atoms with Crippen LogP contribution in [0.15, 0.2) is 23.3 Å². The van der Waals surface area contributed by atoms with Crippen molar-refractivity contribution in [2.45, 2.75) is 13.8 Å². The summed E-state index contributed by atoms with van der Waals surface area (Å²) in [6.07, 6.45) is 1.50. The van der Waals surface area contributed by atoms with E-state index in [2.05, 4.69) is 15.5 Å². The maximum absolute atomic E-state index is 10.9. The summed E-state index contributed by atoms with van der Waals surface area (Å²) in [5, 5.41) is 15.6. The van der Waals surface area contributed by atoms with Crippen LogP contribution >= 0.6 is 11.3 Å². The number of methoxy groups -OCH3 is 1. The molecule has 21 heavy (non-hydrogen) atoms. The molecule has 2 rings (SSSR count). The number of anilines is 1. The minimum Gasteiger partial charge on any atom is -0.490 e. The van der Waals surface area contributed by atoms with Crippen molar-refractivity contribution >= 4 is 28.4 Å². The zero-order valence-electron chi connectivity index (χ0n) is 11.8. The Bertz CT molecular complexity index is 677. The molecule has 0 saturated heterocycles. The van der Waals surface area contributed by atoms with E-state index >= 15 is 0 Å². The SMILES string of the molecule is COc1ccc(/C=N\Nc2nc(C)c(C)s2)cc1[N+](=O)[O-]. The minimum atomic E-state index is -0.489. The number of thiazole rings is 1. The van der Waals surface area contributed by atoms with Crippen LogP contribution in [0.2, 0.25) is 0 Å². The molecular formula is C13H14N4O3S. The summed E-state index contributed by atoms with van der Waals surface area (Å²) < 4.78 is 4.94. The number of nitro groups is 1. The van der Waals surface area contributed by atoms with Crippen molar-refractivity contribution in [3.63, 3.8) is 0 Å². The first-order valence-electron chi connectivity index (χ1n) is 6.07.